The van der Waals surface area contributed by atoms with Crippen LogP contribution in [0, 0.1) is 13.8 Å². The lowest BCUT2D eigenvalue weighted by molar-refractivity contribution is -0.123. The van der Waals surface area contributed by atoms with Gasteiger partial charge in [0.1, 0.15) is 5.75 Å². The van der Waals surface area contributed by atoms with Crippen LogP contribution in [0.5, 0.6) is 5.75 Å². The number of amides is 1. The molecule has 1 N–H and O–H groups in total. The standard InChI is InChI=1S/C16H17N3O2/c1-12-4-3-5-15(13(12)2)21-11-16(20)19-18-10-14-6-8-17-9-7-14/h3-10H,11H2,1-2H3,(H,19,20)/b18-10+. The number of ether oxygens (including phenoxy) is 1. The summed E-state index contributed by atoms with van der Waals surface area (Å²) in [7, 11) is 0. The fourth-order valence-electron chi connectivity index (χ4n) is 1.68. The normalized spacial score (nSPS) is 10.6. The van der Waals surface area contributed by atoms with E-state index in [-0.39, 0.29) is 12.5 Å². The minimum absolute atomic E-state index is 0.0714. The van der Waals surface area contributed by atoms with Gasteiger partial charge in [-0.25, -0.2) is 5.43 Å². The van der Waals surface area contributed by atoms with E-state index in [1.165, 1.54) is 0 Å². The molecule has 0 atom stereocenters. The third-order valence-corrected chi connectivity index (χ3v) is 3.02. The molecule has 1 heterocycles. The van der Waals surface area contributed by atoms with Crippen LogP contribution in [0.2, 0.25) is 0 Å². The van der Waals surface area contributed by atoms with Crippen molar-refractivity contribution in [2.75, 3.05) is 6.61 Å². The van der Waals surface area contributed by atoms with Gasteiger partial charge in [-0.3, -0.25) is 9.78 Å². The predicted molar refractivity (Wildman–Crippen MR) is 81.4 cm³/mol. The van der Waals surface area contributed by atoms with Crippen molar-refractivity contribution in [2.24, 2.45) is 5.10 Å². The number of rotatable bonds is 5. The van der Waals surface area contributed by atoms with E-state index in [0.29, 0.717) is 5.75 Å². The van der Waals surface area contributed by atoms with E-state index in [9.17, 15) is 4.79 Å². The summed E-state index contributed by atoms with van der Waals surface area (Å²) in [5, 5.41) is 3.86. The third-order valence-electron chi connectivity index (χ3n) is 3.02. The number of hydrazone groups is 1. The van der Waals surface area contributed by atoms with Crippen molar-refractivity contribution >= 4 is 12.1 Å². The zero-order valence-electron chi connectivity index (χ0n) is 12.0. The molecule has 0 spiro atoms. The van der Waals surface area contributed by atoms with Crippen LogP contribution < -0.4 is 10.2 Å². The van der Waals surface area contributed by atoms with Crippen LogP contribution >= 0.6 is 0 Å². The van der Waals surface area contributed by atoms with Gasteiger partial charge in [0.15, 0.2) is 6.61 Å². The van der Waals surface area contributed by atoms with Gasteiger partial charge in [-0.2, -0.15) is 5.10 Å². The Morgan fingerprint density at radius 2 is 2.05 bits per heavy atom. The molecule has 108 valence electrons. The van der Waals surface area contributed by atoms with E-state index in [0.717, 1.165) is 16.7 Å². The number of hydrogen-bond donors (Lipinski definition) is 1. The number of hydrogen-bond acceptors (Lipinski definition) is 4. The molecule has 0 fully saturated rings. The second-order valence-corrected chi connectivity index (χ2v) is 4.56. The summed E-state index contributed by atoms with van der Waals surface area (Å²) in [6.07, 6.45) is 4.87. The van der Waals surface area contributed by atoms with Crippen molar-refractivity contribution in [1.29, 1.82) is 0 Å². The molecule has 0 aliphatic carbocycles. The molecule has 0 aliphatic heterocycles. The molecule has 2 aromatic rings. The average Bonchev–Trinajstić information content (AvgIpc) is 2.50. The molecule has 0 saturated heterocycles. The highest BCUT2D eigenvalue weighted by molar-refractivity contribution is 5.82. The first-order chi connectivity index (χ1) is 10.2. The molecule has 1 aromatic carbocycles. The van der Waals surface area contributed by atoms with Crippen LogP contribution in [0.4, 0.5) is 0 Å². The van der Waals surface area contributed by atoms with E-state index in [4.69, 9.17) is 4.74 Å². The Kier molecular flexibility index (Phi) is 5.04. The zero-order valence-corrected chi connectivity index (χ0v) is 12.0. The minimum Gasteiger partial charge on any atom is -0.483 e. The lowest BCUT2D eigenvalue weighted by atomic mass is 10.1. The van der Waals surface area contributed by atoms with Gasteiger partial charge in [-0.1, -0.05) is 12.1 Å². The molecule has 0 aliphatic rings. The molecular formula is C16H17N3O2. The quantitative estimate of drug-likeness (QED) is 0.676. The summed E-state index contributed by atoms with van der Waals surface area (Å²) < 4.78 is 5.49. The smallest absolute Gasteiger partial charge is 0.277 e. The molecule has 5 heteroatoms. The zero-order chi connectivity index (χ0) is 15.1. The van der Waals surface area contributed by atoms with Gasteiger partial charge >= 0.3 is 0 Å². The highest BCUT2D eigenvalue weighted by Crippen LogP contribution is 2.20. The number of nitrogens with zero attached hydrogens (tertiary/aromatic N) is 2. The van der Waals surface area contributed by atoms with Gasteiger partial charge < -0.3 is 4.74 Å². The van der Waals surface area contributed by atoms with Crippen LogP contribution in [0.1, 0.15) is 16.7 Å². The first-order valence-electron chi connectivity index (χ1n) is 6.58. The number of aryl methyl sites for hydroxylation is 1. The highest BCUT2D eigenvalue weighted by atomic mass is 16.5. The number of benzene rings is 1. The Morgan fingerprint density at radius 3 is 2.81 bits per heavy atom. The lowest BCUT2D eigenvalue weighted by Gasteiger charge is -2.09. The van der Waals surface area contributed by atoms with Gasteiger partial charge in [0.25, 0.3) is 5.91 Å². The largest absolute Gasteiger partial charge is 0.483 e. The van der Waals surface area contributed by atoms with Crippen molar-refractivity contribution in [1.82, 2.24) is 10.4 Å². The van der Waals surface area contributed by atoms with Crippen LogP contribution in [-0.4, -0.2) is 23.7 Å². The maximum absolute atomic E-state index is 11.6. The monoisotopic (exact) mass is 283 g/mol. The Labute approximate surface area is 123 Å². The number of nitrogens with one attached hydrogen (secondary N) is 1. The summed E-state index contributed by atoms with van der Waals surface area (Å²) >= 11 is 0. The van der Waals surface area contributed by atoms with E-state index in [1.807, 2.05) is 32.0 Å². The molecule has 21 heavy (non-hydrogen) atoms. The number of pyridine rings is 1. The predicted octanol–water partition coefficient (Wildman–Crippen LogP) is 2.23. The average molecular weight is 283 g/mol. The van der Waals surface area contributed by atoms with Crippen molar-refractivity contribution in [3.63, 3.8) is 0 Å². The van der Waals surface area contributed by atoms with Gasteiger partial charge in [0.2, 0.25) is 0 Å². The summed E-state index contributed by atoms with van der Waals surface area (Å²) in [4.78, 5) is 15.5. The van der Waals surface area contributed by atoms with Gasteiger partial charge in [-0.05, 0) is 48.7 Å². The molecule has 1 amide bonds. The Hall–Kier alpha value is -2.69. The molecule has 0 bridgehead atoms. The summed E-state index contributed by atoms with van der Waals surface area (Å²) in [5.41, 5.74) is 5.44. The molecule has 1 aromatic heterocycles. The number of aromatic nitrogens is 1. The fourth-order valence-corrected chi connectivity index (χ4v) is 1.68. The van der Waals surface area contributed by atoms with Crippen LogP contribution in [0.25, 0.3) is 0 Å². The molecular weight excluding hydrogens is 266 g/mol. The van der Waals surface area contributed by atoms with Gasteiger partial charge in [0, 0.05) is 12.4 Å². The summed E-state index contributed by atoms with van der Waals surface area (Å²) in [6, 6.07) is 9.33. The van der Waals surface area contributed by atoms with Crippen LogP contribution in [-0.2, 0) is 4.79 Å². The Morgan fingerprint density at radius 1 is 1.29 bits per heavy atom. The second kappa shape index (κ2) is 7.19. The summed E-state index contributed by atoms with van der Waals surface area (Å²) in [5.74, 6) is 0.407. The van der Waals surface area contributed by atoms with Crippen molar-refractivity contribution < 1.29 is 9.53 Å². The maximum Gasteiger partial charge on any atom is 0.277 e. The number of carbonyl (C=O) groups is 1. The van der Waals surface area contributed by atoms with E-state index < -0.39 is 0 Å². The molecule has 0 saturated carbocycles. The first kappa shape index (κ1) is 14.7. The van der Waals surface area contributed by atoms with E-state index in [1.54, 1.807) is 30.7 Å². The van der Waals surface area contributed by atoms with Crippen molar-refractivity contribution in [2.45, 2.75) is 13.8 Å². The Bertz CT molecular complexity index is 639. The molecule has 5 nitrogen and oxygen atoms in total. The highest BCUT2D eigenvalue weighted by Gasteiger charge is 2.05. The van der Waals surface area contributed by atoms with Gasteiger partial charge in [-0.15, -0.1) is 0 Å². The molecule has 0 unspecified atom stereocenters. The van der Waals surface area contributed by atoms with Gasteiger partial charge in [0.05, 0.1) is 6.21 Å². The van der Waals surface area contributed by atoms with Crippen molar-refractivity contribution in [3.8, 4) is 5.75 Å². The topological polar surface area (TPSA) is 63.6 Å². The SMILES string of the molecule is Cc1cccc(OCC(=O)N/N=C/c2ccncc2)c1C. The Balaban J connectivity index is 1.83. The number of carbonyl (C=O) groups excluding carboxylic acids is 1. The third kappa shape index (κ3) is 4.42. The van der Waals surface area contributed by atoms with Crippen LogP contribution in [0.3, 0.4) is 0 Å². The first-order valence-corrected chi connectivity index (χ1v) is 6.58. The van der Waals surface area contributed by atoms with Crippen LogP contribution in [0.15, 0.2) is 47.8 Å². The molecule has 0 radical (unpaired) electrons. The molecule has 2 rings (SSSR count). The van der Waals surface area contributed by atoms with Crippen molar-refractivity contribution in [3.05, 3.63) is 59.4 Å². The maximum atomic E-state index is 11.6. The van der Waals surface area contributed by atoms with E-state index >= 15 is 0 Å². The second-order valence-electron chi connectivity index (χ2n) is 4.56. The lowest BCUT2D eigenvalue weighted by Crippen LogP contribution is -2.24. The fraction of sp³-hybridized carbons (Fsp3) is 0.188. The minimum atomic E-state index is -0.304. The summed E-state index contributed by atoms with van der Waals surface area (Å²) in [6.45, 7) is 3.89. The van der Waals surface area contributed by atoms with E-state index in [2.05, 4.69) is 15.5 Å².